The molecule has 3 heterocycles. The van der Waals surface area contributed by atoms with E-state index in [-0.39, 0.29) is 11.4 Å². The maximum absolute atomic E-state index is 13.3. The van der Waals surface area contributed by atoms with Crippen molar-refractivity contribution >= 4 is 16.7 Å². The first-order valence-electron chi connectivity index (χ1n) is 8.78. The summed E-state index contributed by atoms with van der Waals surface area (Å²) in [5.74, 6) is 0.989. The van der Waals surface area contributed by atoms with Crippen LogP contribution in [0.1, 0.15) is 18.5 Å². The average molecular weight is 353 g/mol. The molecule has 4 rings (SSSR count). The molecule has 0 atom stereocenters. The van der Waals surface area contributed by atoms with Gasteiger partial charge in [-0.05, 0) is 37.8 Å². The van der Waals surface area contributed by atoms with Crippen molar-refractivity contribution in [3.63, 3.8) is 0 Å². The van der Waals surface area contributed by atoms with Crippen LogP contribution in [0.25, 0.3) is 10.9 Å². The molecule has 7 heteroatoms. The van der Waals surface area contributed by atoms with Gasteiger partial charge in [0, 0.05) is 37.5 Å². The minimum Gasteiger partial charge on any atom is -0.356 e. The number of aromatic nitrogens is 4. The quantitative estimate of drug-likeness (QED) is 0.724. The molecule has 1 aliphatic heterocycles. The first-order valence-corrected chi connectivity index (χ1v) is 8.78. The van der Waals surface area contributed by atoms with Crippen LogP contribution in [0, 0.1) is 18.7 Å². The zero-order valence-corrected chi connectivity index (χ0v) is 14.6. The van der Waals surface area contributed by atoms with Crippen LogP contribution in [0.5, 0.6) is 0 Å². The molecule has 26 heavy (non-hydrogen) atoms. The first-order chi connectivity index (χ1) is 12.6. The summed E-state index contributed by atoms with van der Waals surface area (Å²) in [4.78, 5) is 27.6. The van der Waals surface area contributed by atoms with E-state index >= 15 is 0 Å². The van der Waals surface area contributed by atoms with Crippen molar-refractivity contribution in [2.45, 2.75) is 26.3 Å². The number of halogens is 1. The fourth-order valence-corrected chi connectivity index (χ4v) is 3.50. The molecule has 1 aliphatic rings. The van der Waals surface area contributed by atoms with Crippen molar-refractivity contribution in [3.8, 4) is 0 Å². The lowest BCUT2D eigenvalue weighted by Gasteiger charge is -2.33. The van der Waals surface area contributed by atoms with Crippen molar-refractivity contribution in [1.29, 1.82) is 0 Å². The molecular formula is C19H20FN5O. The molecule has 0 N–H and O–H groups in total. The van der Waals surface area contributed by atoms with E-state index in [0.29, 0.717) is 23.4 Å². The number of piperidine rings is 1. The van der Waals surface area contributed by atoms with E-state index in [4.69, 9.17) is 0 Å². The second-order valence-corrected chi connectivity index (χ2v) is 6.81. The predicted molar refractivity (Wildman–Crippen MR) is 97.7 cm³/mol. The number of benzene rings is 1. The number of anilines is 1. The van der Waals surface area contributed by atoms with Gasteiger partial charge in [-0.2, -0.15) is 0 Å². The molecule has 6 nitrogen and oxygen atoms in total. The maximum Gasteiger partial charge on any atom is 0.261 e. The van der Waals surface area contributed by atoms with E-state index in [1.165, 1.54) is 24.5 Å². The van der Waals surface area contributed by atoms with Crippen LogP contribution in [-0.2, 0) is 6.54 Å². The third-order valence-electron chi connectivity index (χ3n) is 4.97. The number of nitrogens with zero attached hydrogens (tertiary/aromatic N) is 5. The van der Waals surface area contributed by atoms with Crippen LogP contribution in [0.15, 0.2) is 41.7 Å². The van der Waals surface area contributed by atoms with Crippen molar-refractivity contribution in [2.24, 2.45) is 5.92 Å². The van der Waals surface area contributed by atoms with Gasteiger partial charge >= 0.3 is 0 Å². The highest BCUT2D eigenvalue weighted by Gasteiger charge is 2.21. The molecule has 0 saturated carbocycles. The van der Waals surface area contributed by atoms with E-state index in [1.807, 2.05) is 13.0 Å². The highest BCUT2D eigenvalue weighted by molar-refractivity contribution is 5.77. The lowest BCUT2D eigenvalue weighted by molar-refractivity contribution is 0.351. The SMILES string of the molecule is Cc1cc(N2CCC(Cn3cnc4cc(F)ccc4c3=O)CC2)ncn1. The Hall–Kier alpha value is -2.83. The Morgan fingerprint density at radius 2 is 1.96 bits per heavy atom. The maximum atomic E-state index is 13.3. The van der Waals surface area contributed by atoms with Crippen molar-refractivity contribution in [1.82, 2.24) is 19.5 Å². The summed E-state index contributed by atoms with van der Waals surface area (Å²) in [7, 11) is 0. The first kappa shape index (κ1) is 16.6. The van der Waals surface area contributed by atoms with Gasteiger partial charge in [0.25, 0.3) is 5.56 Å². The second-order valence-electron chi connectivity index (χ2n) is 6.81. The minimum atomic E-state index is -0.380. The fourth-order valence-electron chi connectivity index (χ4n) is 3.50. The molecule has 0 bridgehead atoms. The Morgan fingerprint density at radius 1 is 1.15 bits per heavy atom. The van der Waals surface area contributed by atoms with Gasteiger partial charge in [0.15, 0.2) is 0 Å². The molecule has 1 aromatic carbocycles. The third-order valence-corrected chi connectivity index (χ3v) is 4.97. The minimum absolute atomic E-state index is 0.108. The van der Waals surface area contributed by atoms with Gasteiger partial charge in [0.2, 0.25) is 0 Å². The second kappa shape index (κ2) is 6.82. The Labute approximate surface area is 150 Å². The highest BCUT2D eigenvalue weighted by Crippen LogP contribution is 2.23. The molecule has 134 valence electrons. The standard InChI is InChI=1S/C19H20FN5O/c1-13-8-18(22-11-21-13)24-6-4-14(5-7-24)10-25-12-23-17-9-15(20)2-3-16(17)19(25)26/h2-3,8-9,11-12,14H,4-7,10H2,1H3. The van der Waals surface area contributed by atoms with Crippen LogP contribution in [0.2, 0.25) is 0 Å². The highest BCUT2D eigenvalue weighted by atomic mass is 19.1. The van der Waals surface area contributed by atoms with Gasteiger partial charge in [-0.15, -0.1) is 0 Å². The molecule has 0 amide bonds. The monoisotopic (exact) mass is 353 g/mol. The van der Waals surface area contributed by atoms with Crippen LogP contribution in [0.4, 0.5) is 10.2 Å². The number of hydrogen-bond acceptors (Lipinski definition) is 5. The van der Waals surface area contributed by atoms with Gasteiger partial charge in [-0.3, -0.25) is 9.36 Å². The van der Waals surface area contributed by atoms with Crippen LogP contribution in [0.3, 0.4) is 0 Å². The van der Waals surface area contributed by atoms with Crippen molar-refractivity contribution in [3.05, 3.63) is 58.8 Å². The van der Waals surface area contributed by atoms with Gasteiger partial charge in [-0.1, -0.05) is 0 Å². The predicted octanol–water partition coefficient (Wildman–Crippen LogP) is 2.55. The average Bonchev–Trinajstić information content (AvgIpc) is 2.64. The summed E-state index contributed by atoms with van der Waals surface area (Å²) in [6.07, 6.45) is 5.10. The van der Waals surface area contributed by atoms with Crippen LogP contribution in [-0.4, -0.2) is 32.6 Å². The Kier molecular flexibility index (Phi) is 4.36. The van der Waals surface area contributed by atoms with Crippen molar-refractivity contribution in [2.75, 3.05) is 18.0 Å². The lowest BCUT2D eigenvalue weighted by Crippen LogP contribution is -2.36. The van der Waals surface area contributed by atoms with Crippen molar-refractivity contribution < 1.29 is 4.39 Å². The molecule has 0 spiro atoms. The van der Waals surface area contributed by atoms with Crippen LogP contribution < -0.4 is 10.5 Å². The van der Waals surface area contributed by atoms with E-state index in [2.05, 4.69) is 19.9 Å². The van der Waals surface area contributed by atoms with Gasteiger partial charge in [-0.25, -0.2) is 19.3 Å². The lowest BCUT2D eigenvalue weighted by atomic mass is 9.96. The van der Waals surface area contributed by atoms with Gasteiger partial charge in [0.1, 0.15) is 18.0 Å². The smallest absolute Gasteiger partial charge is 0.261 e. The van der Waals surface area contributed by atoms with E-state index < -0.39 is 0 Å². The molecule has 1 saturated heterocycles. The fraction of sp³-hybridized carbons (Fsp3) is 0.368. The summed E-state index contributed by atoms with van der Waals surface area (Å²) in [6, 6.07) is 6.11. The summed E-state index contributed by atoms with van der Waals surface area (Å²) < 4.78 is 14.9. The van der Waals surface area contributed by atoms with E-state index in [0.717, 1.165) is 37.4 Å². The number of aryl methyl sites for hydroxylation is 1. The molecular weight excluding hydrogens is 333 g/mol. The largest absolute Gasteiger partial charge is 0.356 e. The molecule has 3 aromatic rings. The summed E-state index contributed by atoms with van der Waals surface area (Å²) in [5.41, 5.74) is 1.26. The third kappa shape index (κ3) is 3.29. The Bertz CT molecular complexity index is 995. The molecule has 2 aromatic heterocycles. The molecule has 0 radical (unpaired) electrons. The zero-order chi connectivity index (χ0) is 18.1. The summed E-state index contributed by atoms with van der Waals surface area (Å²) in [6.45, 7) is 4.41. The zero-order valence-electron chi connectivity index (χ0n) is 14.6. The summed E-state index contributed by atoms with van der Waals surface area (Å²) >= 11 is 0. The normalized spacial score (nSPS) is 15.5. The molecule has 0 aliphatic carbocycles. The molecule has 0 unspecified atom stereocenters. The molecule has 1 fully saturated rings. The topological polar surface area (TPSA) is 63.9 Å². The van der Waals surface area contributed by atoms with Crippen LogP contribution >= 0.6 is 0 Å². The van der Waals surface area contributed by atoms with E-state index in [9.17, 15) is 9.18 Å². The number of rotatable bonds is 3. The van der Waals surface area contributed by atoms with Gasteiger partial charge < -0.3 is 4.90 Å². The Balaban J connectivity index is 1.46. The number of hydrogen-bond donors (Lipinski definition) is 0. The summed E-state index contributed by atoms with van der Waals surface area (Å²) in [5, 5.41) is 0.461. The van der Waals surface area contributed by atoms with Gasteiger partial charge in [0.05, 0.1) is 17.2 Å². The van der Waals surface area contributed by atoms with E-state index in [1.54, 1.807) is 10.9 Å². The number of fused-ring (bicyclic) bond motifs is 1. The Morgan fingerprint density at radius 3 is 2.73 bits per heavy atom.